The van der Waals surface area contributed by atoms with E-state index in [1.807, 2.05) is 66.7 Å². The maximum absolute atomic E-state index is 8.82. The largest absolute Gasteiger partial charge is 0.308 e. The van der Waals surface area contributed by atoms with E-state index in [0.717, 1.165) is 88.4 Å². The highest BCUT2D eigenvalue weighted by atomic mass is 15.1. The lowest BCUT2D eigenvalue weighted by Crippen LogP contribution is -2.06. The predicted octanol–water partition coefficient (Wildman–Crippen LogP) is 15.6. The van der Waals surface area contributed by atoms with Crippen molar-refractivity contribution in [3.05, 3.63) is 229 Å². The van der Waals surface area contributed by atoms with Crippen molar-refractivity contribution >= 4 is 49.3 Å². The van der Waals surface area contributed by atoms with E-state index in [9.17, 15) is 0 Å². The minimum Gasteiger partial charge on any atom is -0.308 e. The number of para-hydroxylation sites is 2. The number of aryl methyl sites for hydroxylation is 2. The molecule has 0 amide bonds. The highest BCUT2D eigenvalue weighted by Gasteiger charge is 2.24. The molecule has 12 aromatic rings. The molecule has 0 aliphatic carbocycles. The van der Waals surface area contributed by atoms with E-state index in [1.54, 1.807) is 0 Å². The summed E-state index contributed by atoms with van der Waals surface area (Å²) in [7, 11) is 0. The van der Waals surface area contributed by atoms with Crippen molar-refractivity contribution in [2.45, 2.75) is 13.8 Å². The van der Waals surface area contributed by atoms with Crippen molar-refractivity contribution in [3.8, 4) is 67.8 Å². The van der Waals surface area contributed by atoms with Gasteiger partial charge >= 0.3 is 0 Å². The summed E-state index contributed by atoms with van der Waals surface area (Å²) in [4.78, 5) is 19.6. The summed E-state index contributed by atoms with van der Waals surface area (Å²) in [5.74, 6) is 1.50. The van der Waals surface area contributed by atoms with Crippen LogP contribution in [0.3, 0.4) is 0 Å². The summed E-state index contributed by atoms with van der Waals surface area (Å²) >= 11 is 0. The van der Waals surface area contributed by atoms with Crippen molar-refractivity contribution in [1.82, 2.24) is 24.1 Å². The predicted molar refractivity (Wildman–Crippen MR) is 271 cm³/mol. The fourth-order valence-corrected chi connectivity index (χ4v) is 9.44. The Bertz CT molecular complexity index is 3820. The van der Waals surface area contributed by atoms with Crippen LogP contribution in [-0.2, 0) is 0 Å². The maximum atomic E-state index is 8.82. The molecule has 0 saturated carbocycles. The molecule has 6 nitrogen and oxygen atoms in total. The average Bonchev–Trinajstić information content (AvgIpc) is 3.89. The summed E-state index contributed by atoms with van der Waals surface area (Å²) < 4.78 is 4.69. The second-order valence-electron chi connectivity index (χ2n) is 16.9. The molecule has 0 aliphatic heterocycles. The molecule has 6 heteroatoms. The van der Waals surface area contributed by atoms with Crippen LogP contribution in [0, 0.1) is 20.4 Å². The summed E-state index contributed by atoms with van der Waals surface area (Å²) in [6, 6.07) is 72.2. The highest BCUT2D eigenvalue weighted by Crippen LogP contribution is 2.44. The van der Waals surface area contributed by atoms with E-state index < -0.39 is 0 Å². The lowest BCUT2D eigenvalue weighted by atomic mass is 10.0. The Kier molecular flexibility index (Phi) is 9.22. The zero-order chi connectivity index (χ0) is 44.3. The lowest BCUT2D eigenvalue weighted by Gasteiger charge is -2.19. The molecule has 0 fully saturated rings. The molecule has 3 aromatic heterocycles. The quantitative estimate of drug-likeness (QED) is 0.150. The van der Waals surface area contributed by atoms with E-state index in [1.165, 1.54) is 11.1 Å². The van der Waals surface area contributed by atoms with Crippen LogP contribution in [0.5, 0.6) is 0 Å². The Hall–Kier alpha value is -8.92. The number of rotatable bonds is 7. The third-order valence-electron chi connectivity index (χ3n) is 12.8. The third kappa shape index (κ3) is 6.53. The van der Waals surface area contributed by atoms with Crippen molar-refractivity contribution < 1.29 is 0 Å². The summed E-state index contributed by atoms with van der Waals surface area (Å²) in [5, 5.41) is 4.52. The Balaban J connectivity index is 1.18. The maximum Gasteiger partial charge on any atom is 0.200 e. The van der Waals surface area contributed by atoms with Crippen LogP contribution in [0.15, 0.2) is 206 Å². The molecule has 0 bridgehead atoms. The van der Waals surface area contributed by atoms with E-state index in [-0.39, 0.29) is 0 Å². The molecular weight excluding hydrogens is 805 g/mol. The van der Waals surface area contributed by atoms with Gasteiger partial charge in [0.15, 0.2) is 23.2 Å². The first kappa shape index (κ1) is 38.7. The number of benzene rings is 9. The van der Waals surface area contributed by atoms with Crippen LogP contribution in [0.2, 0.25) is 0 Å². The fourth-order valence-electron chi connectivity index (χ4n) is 9.44. The van der Waals surface area contributed by atoms with Crippen LogP contribution in [0.1, 0.15) is 11.1 Å². The molecule has 66 heavy (non-hydrogen) atoms. The van der Waals surface area contributed by atoms with E-state index in [0.29, 0.717) is 28.7 Å². The Morgan fingerprint density at radius 3 is 1.21 bits per heavy atom. The molecule has 310 valence electrons. The van der Waals surface area contributed by atoms with Crippen molar-refractivity contribution in [3.63, 3.8) is 0 Å². The van der Waals surface area contributed by atoms with Gasteiger partial charge in [-0.2, -0.15) is 0 Å². The lowest BCUT2D eigenvalue weighted by molar-refractivity contribution is 1.07. The normalized spacial score (nSPS) is 11.5. The minimum absolute atomic E-state index is 0.425. The number of hydrogen-bond donors (Lipinski definition) is 0. The van der Waals surface area contributed by atoms with Crippen LogP contribution in [0.4, 0.5) is 5.69 Å². The van der Waals surface area contributed by atoms with Gasteiger partial charge in [-0.1, -0.05) is 169 Å². The first-order valence-corrected chi connectivity index (χ1v) is 22.1. The minimum atomic E-state index is 0.425. The molecule has 0 atom stereocenters. The van der Waals surface area contributed by atoms with Gasteiger partial charge in [-0.25, -0.2) is 19.8 Å². The molecule has 12 rings (SSSR count). The van der Waals surface area contributed by atoms with E-state index in [2.05, 4.69) is 167 Å². The number of aromatic nitrogens is 5. The average molecular weight is 845 g/mol. The molecule has 9 aromatic carbocycles. The molecule has 0 N–H and O–H groups in total. The van der Waals surface area contributed by atoms with Gasteiger partial charge in [-0.15, -0.1) is 0 Å². The Labute approximate surface area is 382 Å². The zero-order valence-electron chi connectivity index (χ0n) is 36.3. The van der Waals surface area contributed by atoms with Gasteiger partial charge in [0.05, 0.1) is 40.0 Å². The molecule has 0 spiro atoms. The molecule has 0 aliphatic rings. The van der Waals surface area contributed by atoms with E-state index >= 15 is 0 Å². The Morgan fingerprint density at radius 1 is 0.348 bits per heavy atom. The second kappa shape index (κ2) is 15.7. The van der Waals surface area contributed by atoms with Crippen LogP contribution in [0.25, 0.3) is 116 Å². The highest BCUT2D eigenvalue weighted by molar-refractivity contribution is 6.13. The van der Waals surface area contributed by atoms with E-state index in [4.69, 9.17) is 21.5 Å². The van der Waals surface area contributed by atoms with Crippen molar-refractivity contribution in [2.75, 3.05) is 0 Å². The van der Waals surface area contributed by atoms with Gasteiger partial charge in [0, 0.05) is 38.2 Å². The van der Waals surface area contributed by atoms with Gasteiger partial charge in [-0.3, -0.25) is 0 Å². The summed E-state index contributed by atoms with van der Waals surface area (Å²) in [6.45, 7) is 13.1. The first-order valence-electron chi connectivity index (χ1n) is 22.1. The zero-order valence-corrected chi connectivity index (χ0v) is 36.3. The SMILES string of the molecule is [C-]#[N+]c1cc(-n2c3ccccc3c3cc(-c4ccc(C)cc4)ccc32)c(-n2c3ccccc3c3cc(-c4ccc(C)cc4)ccc32)cc1-c1nc(-c2ccccc2)nc(-c2ccccc2)n1. The standard InChI is InChI=1S/C60H40N6/c1-38-22-26-40(27-23-38)44-30-32-54-48(34-44)46-18-10-12-20-52(46)65(54)56-36-50(60-63-58(42-14-6-4-7-15-42)62-59(64-60)43-16-8-5-9-17-43)51(61-3)37-57(56)66-53-21-13-11-19-47(53)49-35-45(31-33-55(49)66)41-28-24-39(2)25-29-41/h4-37H,1-2H3. The van der Waals surface area contributed by atoms with Crippen LogP contribution in [-0.4, -0.2) is 24.1 Å². The van der Waals surface area contributed by atoms with Crippen LogP contribution >= 0.6 is 0 Å². The smallest absolute Gasteiger partial charge is 0.200 e. The van der Waals surface area contributed by atoms with Crippen molar-refractivity contribution in [2.24, 2.45) is 0 Å². The molecular formula is C60H40N6. The first-order chi connectivity index (χ1) is 32.5. The molecule has 0 radical (unpaired) electrons. The Morgan fingerprint density at radius 2 is 0.742 bits per heavy atom. The number of nitrogens with zero attached hydrogens (tertiary/aromatic N) is 6. The molecule has 0 saturated heterocycles. The number of fused-ring (bicyclic) bond motifs is 6. The summed E-state index contributed by atoms with van der Waals surface area (Å²) in [6.07, 6.45) is 0. The monoisotopic (exact) mass is 844 g/mol. The second-order valence-corrected chi connectivity index (χ2v) is 16.9. The van der Waals surface area contributed by atoms with Gasteiger partial charge in [0.1, 0.15) is 0 Å². The molecule has 0 unspecified atom stereocenters. The fraction of sp³-hybridized carbons (Fsp3) is 0.0333. The van der Waals surface area contributed by atoms with Gasteiger partial charge in [0.2, 0.25) is 0 Å². The van der Waals surface area contributed by atoms with Crippen LogP contribution < -0.4 is 0 Å². The summed E-state index contributed by atoms with van der Waals surface area (Å²) in [5.41, 5.74) is 15.8. The number of hydrogen-bond acceptors (Lipinski definition) is 3. The van der Waals surface area contributed by atoms with Gasteiger partial charge in [-0.05, 0) is 84.6 Å². The van der Waals surface area contributed by atoms with Gasteiger partial charge < -0.3 is 9.13 Å². The molecule has 3 heterocycles. The third-order valence-corrected chi connectivity index (χ3v) is 12.8. The topological polar surface area (TPSA) is 52.9 Å². The van der Waals surface area contributed by atoms with Gasteiger partial charge in [0.25, 0.3) is 0 Å². The van der Waals surface area contributed by atoms with Crippen molar-refractivity contribution in [1.29, 1.82) is 0 Å².